The molecule has 1 aromatic rings. The summed E-state index contributed by atoms with van der Waals surface area (Å²) in [6.07, 6.45) is 0.110. The maximum Gasteiger partial charge on any atom is 0.282 e. The van der Waals surface area contributed by atoms with Gasteiger partial charge in [0.2, 0.25) is 0 Å². The third kappa shape index (κ3) is 1.41. The molecule has 0 saturated carbocycles. The van der Waals surface area contributed by atoms with E-state index in [1.165, 1.54) is 0 Å². The van der Waals surface area contributed by atoms with Crippen molar-refractivity contribution in [3.63, 3.8) is 0 Å². The molecule has 2 heterocycles. The van der Waals surface area contributed by atoms with Crippen molar-refractivity contribution in [2.75, 3.05) is 0 Å². The molecular formula is C9H12F2N2O. The minimum atomic E-state index is -2.59. The molecule has 0 fully saturated rings. The van der Waals surface area contributed by atoms with E-state index in [1.807, 2.05) is 0 Å². The average Bonchev–Trinajstić information content (AvgIpc) is 2.56. The average molecular weight is 202 g/mol. The van der Waals surface area contributed by atoms with Crippen LogP contribution in [0.25, 0.3) is 0 Å². The van der Waals surface area contributed by atoms with E-state index >= 15 is 0 Å². The van der Waals surface area contributed by atoms with Crippen molar-refractivity contribution >= 4 is 0 Å². The molecule has 2 rings (SSSR count). The highest BCUT2D eigenvalue weighted by Gasteiger charge is 2.23. The first-order valence-corrected chi connectivity index (χ1v) is 4.71. The smallest absolute Gasteiger partial charge is 0.282 e. The molecule has 0 amide bonds. The molecule has 14 heavy (non-hydrogen) atoms. The molecule has 1 aliphatic heterocycles. The number of aryl methyl sites for hydroxylation is 1. The lowest BCUT2D eigenvalue weighted by Crippen LogP contribution is -2.13. The third-order valence-corrected chi connectivity index (χ3v) is 2.57. The maximum absolute atomic E-state index is 12.5. The van der Waals surface area contributed by atoms with Gasteiger partial charge in [-0.2, -0.15) is 0 Å². The minimum absolute atomic E-state index is 0.246. The van der Waals surface area contributed by atoms with Gasteiger partial charge in [-0.05, 0) is 12.8 Å². The van der Waals surface area contributed by atoms with Crippen LogP contribution in [-0.2, 0) is 19.6 Å². The Bertz CT molecular complexity index is 336. The Kier molecular flexibility index (Phi) is 2.50. The van der Waals surface area contributed by atoms with Gasteiger partial charge in [-0.25, -0.2) is 13.8 Å². The normalized spacial score (nSPS) is 16.0. The van der Waals surface area contributed by atoms with Crippen LogP contribution in [0.2, 0.25) is 0 Å². The summed E-state index contributed by atoms with van der Waals surface area (Å²) in [5.41, 5.74) is 0.0408. The zero-order chi connectivity index (χ0) is 10.1. The summed E-state index contributed by atoms with van der Waals surface area (Å²) < 4.78 is 26.8. The number of hydrogen-bond acceptors (Lipinski definition) is 2. The van der Waals surface area contributed by atoms with Crippen LogP contribution in [0, 0.1) is 0 Å². The molecule has 5 heteroatoms. The molecule has 0 radical (unpaired) electrons. The van der Waals surface area contributed by atoms with Crippen molar-refractivity contribution in [1.29, 1.82) is 0 Å². The number of imidazole rings is 1. The van der Waals surface area contributed by atoms with E-state index in [1.54, 1.807) is 4.57 Å². The Balaban J connectivity index is 2.46. The fourth-order valence-corrected chi connectivity index (χ4v) is 1.91. The van der Waals surface area contributed by atoms with Crippen molar-refractivity contribution in [3.05, 3.63) is 17.2 Å². The molecule has 0 aliphatic carbocycles. The second kappa shape index (κ2) is 3.65. The summed E-state index contributed by atoms with van der Waals surface area (Å²) in [7, 11) is 0. The number of hydrogen-bond donors (Lipinski definition) is 1. The van der Waals surface area contributed by atoms with Gasteiger partial charge in [0, 0.05) is 13.0 Å². The molecule has 0 spiro atoms. The molecule has 3 nitrogen and oxygen atoms in total. The summed E-state index contributed by atoms with van der Waals surface area (Å²) in [6.45, 7) is 0.345. The van der Waals surface area contributed by atoms with Crippen molar-refractivity contribution in [1.82, 2.24) is 9.55 Å². The second-order valence-corrected chi connectivity index (χ2v) is 3.43. The van der Waals surface area contributed by atoms with E-state index in [2.05, 4.69) is 4.98 Å². The Labute approximate surface area is 80.4 Å². The van der Waals surface area contributed by atoms with Crippen molar-refractivity contribution in [2.45, 2.75) is 38.8 Å². The van der Waals surface area contributed by atoms with Crippen LogP contribution in [-0.4, -0.2) is 14.7 Å². The maximum atomic E-state index is 12.5. The molecule has 0 bridgehead atoms. The van der Waals surface area contributed by atoms with Crippen LogP contribution in [0.1, 0.15) is 36.5 Å². The molecule has 0 unspecified atom stereocenters. The van der Waals surface area contributed by atoms with Gasteiger partial charge in [-0.3, -0.25) is 0 Å². The highest BCUT2D eigenvalue weighted by atomic mass is 19.3. The molecule has 0 aromatic carbocycles. The summed E-state index contributed by atoms with van der Waals surface area (Å²) >= 11 is 0. The van der Waals surface area contributed by atoms with Gasteiger partial charge in [-0.15, -0.1) is 0 Å². The second-order valence-electron chi connectivity index (χ2n) is 3.43. The lowest BCUT2D eigenvalue weighted by Gasteiger charge is -2.15. The largest absolute Gasteiger partial charge is 0.390 e. The van der Waals surface area contributed by atoms with Crippen LogP contribution in [0.5, 0.6) is 0 Å². The Morgan fingerprint density at radius 1 is 1.43 bits per heavy atom. The summed E-state index contributed by atoms with van der Waals surface area (Å²) in [5.74, 6) is 0.690. The lowest BCUT2D eigenvalue weighted by molar-refractivity contribution is 0.141. The van der Waals surface area contributed by atoms with E-state index in [-0.39, 0.29) is 18.0 Å². The first-order chi connectivity index (χ1) is 6.74. The van der Waals surface area contributed by atoms with Crippen LogP contribution in [0.4, 0.5) is 8.78 Å². The number of aromatic nitrogens is 2. The van der Waals surface area contributed by atoms with Crippen LogP contribution >= 0.6 is 0 Å². The molecular weight excluding hydrogens is 190 g/mol. The zero-order valence-corrected chi connectivity index (χ0v) is 7.71. The fraction of sp³-hybridized carbons (Fsp3) is 0.667. The van der Waals surface area contributed by atoms with Gasteiger partial charge in [0.1, 0.15) is 11.5 Å². The molecule has 1 aliphatic rings. The van der Waals surface area contributed by atoms with Gasteiger partial charge in [0.15, 0.2) is 0 Å². The van der Waals surface area contributed by atoms with E-state index in [0.717, 1.165) is 19.3 Å². The minimum Gasteiger partial charge on any atom is -0.390 e. The number of alkyl halides is 2. The molecule has 1 aromatic heterocycles. The van der Waals surface area contributed by atoms with E-state index in [0.29, 0.717) is 12.4 Å². The molecule has 1 N–H and O–H groups in total. The highest BCUT2D eigenvalue weighted by molar-refractivity contribution is 5.19. The number of aliphatic hydroxyl groups excluding tert-OH is 1. The Hall–Kier alpha value is -0.970. The van der Waals surface area contributed by atoms with Crippen molar-refractivity contribution in [3.8, 4) is 0 Å². The van der Waals surface area contributed by atoms with Crippen LogP contribution in [0.3, 0.4) is 0 Å². The summed E-state index contributed by atoms with van der Waals surface area (Å²) in [5, 5.41) is 9.02. The van der Waals surface area contributed by atoms with E-state index < -0.39 is 6.43 Å². The fourth-order valence-electron chi connectivity index (χ4n) is 1.91. The number of rotatable bonds is 2. The van der Waals surface area contributed by atoms with E-state index in [9.17, 15) is 8.78 Å². The first kappa shape index (κ1) is 9.58. The van der Waals surface area contributed by atoms with Gasteiger partial charge >= 0.3 is 0 Å². The predicted octanol–water partition coefficient (Wildman–Crippen LogP) is 1.65. The van der Waals surface area contributed by atoms with E-state index in [4.69, 9.17) is 5.11 Å². The van der Waals surface area contributed by atoms with Crippen LogP contribution < -0.4 is 0 Å². The molecule has 0 saturated heterocycles. The number of nitrogens with zero attached hydrogens (tertiary/aromatic N) is 2. The first-order valence-electron chi connectivity index (χ1n) is 4.71. The predicted molar refractivity (Wildman–Crippen MR) is 46.0 cm³/mol. The standard InChI is InChI=1S/C9H12F2N2O/c10-9(11)8-6(5-14)13-4-2-1-3-7(13)12-8/h9,14H,1-5H2. The Morgan fingerprint density at radius 3 is 2.86 bits per heavy atom. The lowest BCUT2D eigenvalue weighted by atomic mass is 10.1. The number of aliphatic hydroxyl groups is 1. The van der Waals surface area contributed by atoms with Crippen LogP contribution in [0.15, 0.2) is 0 Å². The zero-order valence-electron chi connectivity index (χ0n) is 7.71. The number of halogens is 2. The summed E-state index contributed by atoms with van der Waals surface area (Å²) in [4.78, 5) is 3.87. The van der Waals surface area contributed by atoms with Crippen molar-refractivity contribution < 1.29 is 13.9 Å². The molecule has 0 atom stereocenters. The SMILES string of the molecule is OCc1c(C(F)F)nc2n1CCCC2. The van der Waals surface area contributed by atoms with Gasteiger partial charge in [0.05, 0.1) is 12.3 Å². The molecule has 78 valence electrons. The monoisotopic (exact) mass is 202 g/mol. The van der Waals surface area contributed by atoms with Gasteiger partial charge < -0.3 is 9.67 Å². The van der Waals surface area contributed by atoms with Gasteiger partial charge in [-0.1, -0.05) is 0 Å². The summed E-state index contributed by atoms with van der Waals surface area (Å²) in [6, 6.07) is 0. The topological polar surface area (TPSA) is 38.1 Å². The Morgan fingerprint density at radius 2 is 2.21 bits per heavy atom. The van der Waals surface area contributed by atoms with Gasteiger partial charge in [0.25, 0.3) is 6.43 Å². The highest BCUT2D eigenvalue weighted by Crippen LogP contribution is 2.26. The number of fused-ring (bicyclic) bond motifs is 1. The third-order valence-electron chi connectivity index (χ3n) is 2.57. The van der Waals surface area contributed by atoms with Crippen molar-refractivity contribution in [2.24, 2.45) is 0 Å². The quantitative estimate of drug-likeness (QED) is 0.791.